The highest BCUT2D eigenvalue weighted by Gasteiger charge is 2.27. The van der Waals surface area contributed by atoms with E-state index in [1.165, 1.54) is 4.90 Å². The zero-order valence-corrected chi connectivity index (χ0v) is 12.0. The van der Waals surface area contributed by atoms with Crippen LogP contribution in [0.15, 0.2) is 28.8 Å². The van der Waals surface area contributed by atoms with Crippen LogP contribution < -0.4 is 4.90 Å². The van der Waals surface area contributed by atoms with Gasteiger partial charge in [0.1, 0.15) is 5.76 Å². The van der Waals surface area contributed by atoms with E-state index >= 15 is 0 Å². The summed E-state index contributed by atoms with van der Waals surface area (Å²) >= 11 is 6.13. The number of rotatable bonds is 2. The highest BCUT2D eigenvalue weighted by atomic mass is 35.5. The summed E-state index contributed by atoms with van der Waals surface area (Å²) in [7, 11) is 1.70. The van der Waals surface area contributed by atoms with Crippen molar-refractivity contribution in [3.05, 3.63) is 46.3 Å². The van der Waals surface area contributed by atoms with E-state index in [2.05, 4.69) is 5.16 Å². The van der Waals surface area contributed by atoms with E-state index in [1.54, 1.807) is 13.1 Å². The van der Waals surface area contributed by atoms with Crippen LogP contribution in [0.5, 0.6) is 0 Å². The number of amides is 1. The standard InChI is InChI=1S/C15H15ClN2O2/c1-18(12-8-4-3-7-11(12)16)15(19)14-10-6-2-5-9-13(10)20-17-14/h3-4,7-8H,2,5-6,9H2,1H3. The second kappa shape index (κ2) is 5.29. The molecule has 0 saturated heterocycles. The molecule has 1 aliphatic carbocycles. The quantitative estimate of drug-likeness (QED) is 0.850. The van der Waals surface area contributed by atoms with Crippen molar-refractivity contribution in [1.29, 1.82) is 0 Å². The topological polar surface area (TPSA) is 46.3 Å². The Hall–Kier alpha value is -1.81. The van der Waals surface area contributed by atoms with Crippen LogP contribution in [0, 0.1) is 0 Å². The molecule has 1 aromatic heterocycles. The molecule has 0 spiro atoms. The molecule has 0 fully saturated rings. The van der Waals surface area contributed by atoms with E-state index in [1.807, 2.05) is 18.2 Å². The minimum Gasteiger partial charge on any atom is -0.360 e. The summed E-state index contributed by atoms with van der Waals surface area (Å²) in [6, 6.07) is 7.26. The van der Waals surface area contributed by atoms with Gasteiger partial charge in [-0.2, -0.15) is 0 Å². The molecule has 0 unspecified atom stereocenters. The van der Waals surface area contributed by atoms with Crippen LogP contribution in [-0.2, 0) is 12.8 Å². The number of nitrogens with zero attached hydrogens (tertiary/aromatic N) is 2. The maximum Gasteiger partial charge on any atom is 0.280 e. The molecule has 1 aromatic carbocycles. The van der Waals surface area contributed by atoms with E-state index < -0.39 is 0 Å². The number of carbonyl (C=O) groups excluding carboxylic acids is 1. The minimum atomic E-state index is -0.176. The third-order valence-corrected chi connectivity index (χ3v) is 3.99. The zero-order chi connectivity index (χ0) is 14.1. The fourth-order valence-electron chi connectivity index (χ4n) is 2.54. The molecule has 104 valence electrons. The molecule has 0 bridgehead atoms. The van der Waals surface area contributed by atoms with Crippen LogP contribution in [-0.4, -0.2) is 18.1 Å². The molecule has 1 amide bonds. The average molecular weight is 291 g/mol. The molecule has 3 rings (SSSR count). The maximum atomic E-state index is 12.6. The molecule has 0 saturated carbocycles. The molecular formula is C15H15ClN2O2. The van der Waals surface area contributed by atoms with Gasteiger partial charge in [0.25, 0.3) is 5.91 Å². The number of para-hydroxylation sites is 1. The van der Waals surface area contributed by atoms with Gasteiger partial charge in [-0.1, -0.05) is 28.9 Å². The van der Waals surface area contributed by atoms with Crippen molar-refractivity contribution in [1.82, 2.24) is 5.16 Å². The number of anilines is 1. The van der Waals surface area contributed by atoms with Crippen LogP contribution in [0.1, 0.15) is 34.7 Å². The van der Waals surface area contributed by atoms with E-state index in [9.17, 15) is 4.79 Å². The second-order valence-electron chi connectivity index (χ2n) is 4.96. The number of halogens is 1. The highest BCUT2D eigenvalue weighted by molar-refractivity contribution is 6.34. The van der Waals surface area contributed by atoms with Crippen molar-refractivity contribution in [3.63, 3.8) is 0 Å². The normalized spacial score (nSPS) is 13.9. The van der Waals surface area contributed by atoms with Crippen LogP contribution in [0.4, 0.5) is 5.69 Å². The molecule has 0 aliphatic heterocycles. The van der Waals surface area contributed by atoms with Gasteiger partial charge in [0.2, 0.25) is 0 Å². The summed E-state index contributed by atoms with van der Waals surface area (Å²) in [6.07, 6.45) is 3.89. The number of benzene rings is 1. The second-order valence-corrected chi connectivity index (χ2v) is 5.36. The lowest BCUT2D eigenvalue weighted by Crippen LogP contribution is -2.28. The molecule has 2 aromatic rings. The summed E-state index contributed by atoms with van der Waals surface area (Å²) in [5.74, 6) is 0.678. The first-order valence-corrected chi connectivity index (χ1v) is 7.06. The lowest BCUT2D eigenvalue weighted by atomic mass is 9.96. The van der Waals surface area contributed by atoms with Crippen molar-refractivity contribution >= 4 is 23.2 Å². The SMILES string of the molecule is CN(C(=O)c1noc2c1CCCC2)c1ccccc1Cl. The molecule has 1 aliphatic rings. The highest BCUT2D eigenvalue weighted by Crippen LogP contribution is 2.28. The Balaban J connectivity index is 1.93. The third kappa shape index (κ3) is 2.20. The summed E-state index contributed by atoms with van der Waals surface area (Å²) in [6.45, 7) is 0. The van der Waals surface area contributed by atoms with Gasteiger partial charge in [0.05, 0.1) is 10.7 Å². The fraction of sp³-hybridized carbons (Fsp3) is 0.333. The van der Waals surface area contributed by atoms with Gasteiger partial charge in [0, 0.05) is 19.0 Å². The summed E-state index contributed by atoms with van der Waals surface area (Å²) in [4.78, 5) is 14.1. The fourth-order valence-corrected chi connectivity index (χ4v) is 2.81. The molecule has 4 nitrogen and oxygen atoms in total. The van der Waals surface area contributed by atoms with Crippen molar-refractivity contribution in [3.8, 4) is 0 Å². The Morgan fingerprint density at radius 3 is 2.85 bits per heavy atom. The van der Waals surface area contributed by atoms with Crippen LogP contribution >= 0.6 is 11.6 Å². The number of aryl methyl sites for hydroxylation is 1. The molecule has 1 heterocycles. The van der Waals surface area contributed by atoms with Crippen molar-refractivity contribution < 1.29 is 9.32 Å². The first-order valence-electron chi connectivity index (χ1n) is 6.68. The third-order valence-electron chi connectivity index (χ3n) is 3.67. The number of aromatic nitrogens is 1. The Labute approximate surface area is 122 Å². The number of hydrogen-bond acceptors (Lipinski definition) is 3. The van der Waals surface area contributed by atoms with Crippen LogP contribution in [0.25, 0.3) is 0 Å². The molecular weight excluding hydrogens is 276 g/mol. The van der Waals surface area contributed by atoms with Crippen molar-refractivity contribution in [2.75, 3.05) is 11.9 Å². The Kier molecular flexibility index (Phi) is 3.49. The van der Waals surface area contributed by atoms with Gasteiger partial charge in [-0.05, 0) is 31.4 Å². The smallest absolute Gasteiger partial charge is 0.280 e. The lowest BCUT2D eigenvalue weighted by molar-refractivity contribution is 0.0983. The van der Waals surface area contributed by atoms with Gasteiger partial charge in [-0.3, -0.25) is 4.79 Å². The number of carbonyl (C=O) groups is 1. The van der Waals surface area contributed by atoms with Gasteiger partial charge < -0.3 is 9.42 Å². The molecule has 0 radical (unpaired) electrons. The van der Waals surface area contributed by atoms with Crippen molar-refractivity contribution in [2.24, 2.45) is 0 Å². The first kappa shape index (κ1) is 13.2. The summed E-state index contributed by atoms with van der Waals surface area (Å²) < 4.78 is 5.29. The van der Waals surface area contributed by atoms with E-state index in [0.29, 0.717) is 16.4 Å². The van der Waals surface area contributed by atoms with Crippen molar-refractivity contribution in [2.45, 2.75) is 25.7 Å². The molecule has 0 N–H and O–H groups in total. The molecule has 5 heteroatoms. The van der Waals surface area contributed by atoms with Crippen LogP contribution in [0.3, 0.4) is 0 Å². The first-order chi connectivity index (χ1) is 9.68. The van der Waals surface area contributed by atoms with Gasteiger partial charge in [0.15, 0.2) is 5.69 Å². The van der Waals surface area contributed by atoms with Gasteiger partial charge in [-0.25, -0.2) is 0 Å². The zero-order valence-electron chi connectivity index (χ0n) is 11.2. The maximum absolute atomic E-state index is 12.6. The van der Waals surface area contributed by atoms with E-state index in [0.717, 1.165) is 37.0 Å². The Morgan fingerprint density at radius 1 is 1.30 bits per heavy atom. The molecule has 20 heavy (non-hydrogen) atoms. The van der Waals surface area contributed by atoms with E-state index in [4.69, 9.17) is 16.1 Å². The minimum absolute atomic E-state index is 0.176. The Bertz CT molecular complexity index is 651. The Morgan fingerprint density at radius 2 is 2.05 bits per heavy atom. The molecule has 0 atom stereocenters. The van der Waals surface area contributed by atoms with Gasteiger partial charge >= 0.3 is 0 Å². The van der Waals surface area contributed by atoms with Crippen LogP contribution in [0.2, 0.25) is 5.02 Å². The van der Waals surface area contributed by atoms with E-state index in [-0.39, 0.29) is 5.91 Å². The predicted octanol–water partition coefficient (Wildman–Crippen LogP) is 3.48. The summed E-state index contributed by atoms with van der Waals surface area (Å²) in [5.41, 5.74) is 2.05. The summed E-state index contributed by atoms with van der Waals surface area (Å²) in [5, 5.41) is 4.51. The number of hydrogen-bond donors (Lipinski definition) is 0. The predicted molar refractivity (Wildman–Crippen MR) is 77.3 cm³/mol. The van der Waals surface area contributed by atoms with Gasteiger partial charge in [-0.15, -0.1) is 0 Å². The number of fused-ring (bicyclic) bond motifs is 1. The lowest BCUT2D eigenvalue weighted by Gasteiger charge is -2.18. The largest absolute Gasteiger partial charge is 0.360 e. The monoisotopic (exact) mass is 290 g/mol. The average Bonchev–Trinajstić information content (AvgIpc) is 2.90.